The average molecular weight is 719 g/mol. The second kappa shape index (κ2) is 11.8. The molecule has 8 rings (SSSR count). The van der Waals surface area contributed by atoms with Crippen LogP contribution >= 0.6 is 11.3 Å². The number of carbonyl (C=O) groups excluding carboxylic acids is 1. The number of likely N-dealkylation sites (tertiary alicyclic amines) is 1. The highest BCUT2D eigenvalue weighted by Gasteiger charge is 2.64. The molecule has 5 heterocycles. The molecule has 3 fully saturated rings. The van der Waals surface area contributed by atoms with E-state index >= 15 is 0 Å². The molecule has 1 saturated heterocycles. The molecule has 266 valence electrons. The number of nitriles is 1. The summed E-state index contributed by atoms with van der Waals surface area (Å²) < 4.78 is 48.8. The molecular formula is C37H37F3N6O4S. The van der Waals surface area contributed by atoms with E-state index < -0.39 is 34.9 Å². The maximum absolute atomic E-state index is 13.7. The first-order valence-electron chi connectivity index (χ1n) is 17.2. The maximum atomic E-state index is 13.7. The van der Waals surface area contributed by atoms with Gasteiger partial charge in [-0.05, 0) is 93.7 Å². The summed E-state index contributed by atoms with van der Waals surface area (Å²) in [6.07, 6.45) is -0.557. The zero-order chi connectivity index (χ0) is 36.0. The summed E-state index contributed by atoms with van der Waals surface area (Å²) in [5.74, 6) is 0.751. The number of halogens is 3. The van der Waals surface area contributed by atoms with Gasteiger partial charge in [0.25, 0.3) is 5.56 Å². The van der Waals surface area contributed by atoms with Crippen LogP contribution in [0, 0.1) is 17.2 Å². The molecule has 2 aliphatic heterocycles. The molecule has 0 bridgehead atoms. The summed E-state index contributed by atoms with van der Waals surface area (Å²) in [7, 11) is 0. The number of rotatable bonds is 6. The largest absolute Gasteiger partial charge is 0.444 e. The summed E-state index contributed by atoms with van der Waals surface area (Å²) >= 11 is 1.42. The van der Waals surface area contributed by atoms with Gasteiger partial charge >= 0.3 is 12.3 Å². The lowest BCUT2D eigenvalue weighted by Gasteiger charge is -2.38. The van der Waals surface area contributed by atoms with Gasteiger partial charge in [0.15, 0.2) is 0 Å². The number of aliphatic hydroxyl groups excluding tert-OH is 1. The number of amides is 1. The highest BCUT2D eigenvalue weighted by molar-refractivity contribution is 7.19. The predicted octanol–water partition coefficient (Wildman–Crippen LogP) is 6.33. The number of hydrogen-bond acceptors (Lipinski definition) is 9. The third-order valence-corrected chi connectivity index (χ3v) is 11.9. The zero-order valence-corrected chi connectivity index (χ0v) is 29.2. The Morgan fingerprint density at radius 2 is 1.92 bits per heavy atom. The fourth-order valence-corrected chi connectivity index (χ4v) is 9.09. The number of aliphatic hydroxyl groups is 1. The van der Waals surface area contributed by atoms with Crippen LogP contribution in [0.25, 0.3) is 21.3 Å². The first-order chi connectivity index (χ1) is 24.2. The van der Waals surface area contributed by atoms with E-state index in [2.05, 4.69) is 21.1 Å². The minimum Gasteiger partial charge on any atom is -0.444 e. The van der Waals surface area contributed by atoms with E-state index in [4.69, 9.17) is 4.74 Å². The third kappa shape index (κ3) is 5.84. The van der Waals surface area contributed by atoms with E-state index in [1.807, 2.05) is 45.0 Å². The lowest BCUT2D eigenvalue weighted by atomic mass is 9.90. The van der Waals surface area contributed by atoms with E-state index in [-0.39, 0.29) is 37.6 Å². The van der Waals surface area contributed by atoms with Crippen molar-refractivity contribution < 1.29 is 27.8 Å². The number of fused-ring (bicyclic) bond motifs is 4. The van der Waals surface area contributed by atoms with Gasteiger partial charge in [-0.3, -0.25) is 9.78 Å². The van der Waals surface area contributed by atoms with Crippen molar-refractivity contribution in [3.63, 3.8) is 0 Å². The number of alkyl halides is 3. The predicted molar refractivity (Wildman–Crippen MR) is 185 cm³/mol. The highest BCUT2D eigenvalue weighted by Crippen LogP contribution is 2.59. The van der Waals surface area contributed by atoms with Gasteiger partial charge in [0.2, 0.25) is 0 Å². The van der Waals surface area contributed by atoms with Crippen molar-refractivity contribution in [2.45, 2.75) is 88.2 Å². The first kappa shape index (κ1) is 33.7. The summed E-state index contributed by atoms with van der Waals surface area (Å²) in [6, 6.07) is 10.6. The van der Waals surface area contributed by atoms with Gasteiger partial charge in [-0.2, -0.15) is 23.5 Å². The van der Waals surface area contributed by atoms with Crippen LogP contribution in [-0.4, -0.2) is 74.4 Å². The number of hydrogen-bond donors (Lipinski definition) is 1. The van der Waals surface area contributed by atoms with Crippen LogP contribution in [0.3, 0.4) is 0 Å². The molecule has 4 atom stereocenters. The number of anilines is 1. The molecule has 1 N–H and O–H groups in total. The van der Waals surface area contributed by atoms with Crippen LogP contribution in [0.5, 0.6) is 0 Å². The van der Waals surface area contributed by atoms with Gasteiger partial charge in [-0.15, -0.1) is 11.3 Å². The fourth-order valence-electron chi connectivity index (χ4n) is 7.97. The van der Waals surface area contributed by atoms with Crippen molar-refractivity contribution >= 4 is 33.3 Å². The maximum Gasteiger partial charge on any atom is 0.410 e. The summed E-state index contributed by atoms with van der Waals surface area (Å²) in [5, 5.41) is 24.5. The lowest BCUT2D eigenvalue weighted by molar-refractivity contribution is -0.160. The molecule has 0 radical (unpaired) electrons. The van der Waals surface area contributed by atoms with Crippen molar-refractivity contribution in [3.8, 4) is 17.2 Å². The Hall–Kier alpha value is -4.48. The number of pyridine rings is 1. The minimum absolute atomic E-state index is 0.0489. The summed E-state index contributed by atoms with van der Waals surface area (Å²) in [5.41, 5.74) is 1.71. The van der Waals surface area contributed by atoms with Crippen molar-refractivity contribution in [3.05, 3.63) is 74.6 Å². The van der Waals surface area contributed by atoms with Crippen molar-refractivity contribution in [1.29, 1.82) is 5.26 Å². The molecule has 10 nitrogen and oxygen atoms in total. The Kier molecular flexibility index (Phi) is 7.77. The minimum atomic E-state index is -4.44. The van der Waals surface area contributed by atoms with E-state index in [0.717, 1.165) is 57.2 Å². The Balaban J connectivity index is 1.16. The molecule has 2 saturated carbocycles. The molecule has 14 heteroatoms. The number of ether oxygens (including phenoxy) is 1. The molecule has 0 unspecified atom stereocenters. The third-order valence-electron chi connectivity index (χ3n) is 10.8. The molecule has 3 aromatic heterocycles. The van der Waals surface area contributed by atoms with Crippen LogP contribution in [0.4, 0.5) is 23.7 Å². The van der Waals surface area contributed by atoms with Gasteiger partial charge in [0.05, 0.1) is 52.7 Å². The standard InChI is InChI=1S/C37H37F3N6O4S/c1-35(2,3)50-34(49)45-17-23(12-24(45)19-47)44-16-21-10-27(21)29-9-20(14-41)8-28(32(29)44)26-4-7-42-30-13-25(51-33(26)30)18-46-31(48)11-22(15-43-46)36(5-6-36)37(38,39)40/h4,7-9,11,13,15,21,23-24,27,47H,5-6,10,12,16-19H2,1-3H3/t21-,23-,24-,27-/m0/s1. The fraction of sp³-hybridized carbons (Fsp3) is 0.486. The van der Waals surface area contributed by atoms with Gasteiger partial charge in [0.1, 0.15) is 5.60 Å². The van der Waals surface area contributed by atoms with Crippen LogP contribution in [0.15, 0.2) is 47.5 Å². The quantitative estimate of drug-likeness (QED) is 0.246. The summed E-state index contributed by atoms with van der Waals surface area (Å²) in [6.45, 7) is 6.50. The lowest BCUT2D eigenvalue weighted by Crippen LogP contribution is -2.44. The number of benzene rings is 1. The number of carbonyl (C=O) groups is 1. The monoisotopic (exact) mass is 718 g/mol. The van der Waals surface area contributed by atoms with E-state index in [0.29, 0.717) is 35.9 Å². The number of nitrogens with zero attached hydrogens (tertiary/aromatic N) is 6. The van der Waals surface area contributed by atoms with Gasteiger partial charge in [-0.1, -0.05) is 0 Å². The van der Waals surface area contributed by atoms with Crippen LogP contribution < -0.4 is 10.5 Å². The van der Waals surface area contributed by atoms with Crippen LogP contribution in [0.1, 0.15) is 73.9 Å². The average Bonchev–Trinajstić information content (AvgIpc) is 3.97. The Morgan fingerprint density at radius 3 is 2.59 bits per heavy atom. The molecule has 4 aromatic rings. The summed E-state index contributed by atoms with van der Waals surface area (Å²) in [4.78, 5) is 35.5. The van der Waals surface area contributed by atoms with Crippen LogP contribution in [0.2, 0.25) is 0 Å². The zero-order valence-electron chi connectivity index (χ0n) is 28.4. The molecular weight excluding hydrogens is 682 g/mol. The second-order valence-corrected chi connectivity index (χ2v) is 16.4. The highest BCUT2D eigenvalue weighted by atomic mass is 32.1. The van der Waals surface area contributed by atoms with Crippen molar-refractivity contribution in [1.82, 2.24) is 19.7 Å². The van der Waals surface area contributed by atoms with Gasteiger partial charge in [0, 0.05) is 53.1 Å². The van der Waals surface area contributed by atoms with Crippen LogP contribution in [-0.2, 0) is 16.7 Å². The molecule has 2 aliphatic carbocycles. The number of thiophene rings is 1. The Bertz CT molecular complexity index is 2160. The topological polar surface area (TPSA) is 125 Å². The smallest absolute Gasteiger partial charge is 0.410 e. The SMILES string of the molecule is CC(C)(C)OC(=O)N1C[C@@H](N2C[C@@H]3C[C@@H]3c3cc(C#N)cc(-c4ccnc5cc(Cn6ncc(C7(C(F)(F)F)CC7)cc6=O)sc45)c32)C[C@H]1CO. The van der Waals surface area contributed by atoms with Gasteiger partial charge < -0.3 is 19.6 Å². The van der Waals surface area contributed by atoms with Gasteiger partial charge in [-0.25, -0.2) is 9.48 Å². The molecule has 1 aromatic carbocycles. The Morgan fingerprint density at radius 1 is 1.14 bits per heavy atom. The van der Waals surface area contributed by atoms with E-state index in [1.165, 1.54) is 16.0 Å². The molecule has 4 aliphatic rings. The van der Waals surface area contributed by atoms with E-state index in [9.17, 15) is 33.1 Å². The molecule has 0 spiro atoms. The van der Waals surface area contributed by atoms with Crippen molar-refractivity contribution in [2.24, 2.45) is 5.92 Å². The number of aromatic nitrogens is 3. The Labute approximate surface area is 296 Å². The molecule has 51 heavy (non-hydrogen) atoms. The second-order valence-electron chi connectivity index (χ2n) is 15.3. The molecule has 1 amide bonds. The van der Waals surface area contributed by atoms with Crippen molar-refractivity contribution in [2.75, 3.05) is 24.6 Å². The normalized spacial score (nSPS) is 23.5. The van der Waals surface area contributed by atoms with E-state index in [1.54, 1.807) is 11.1 Å². The first-order valence-corrected chi connectivity index (χ1v) is 18.0.